The second kappa shape index (κ2) is 34.1. The molecule has 6 rings (SSSR count). The first-order valence-electron chi connectivity index (χ1n) is 30.6. The second-order valence-corrected chi connectivity index (χ2v) is 22.8. The molecule has 2 unspecified atom stereocenters. The van der Waals surface area contributed by atoms with Gasteiger partial charge in [0.05, 0.1) is 12.2 Å². The molecule has 0 aliphatic heterocycles. The SMILES string of the molecule is CCCCCCCCCc1cnc(-c2ccc(C(OC(c3ccc(-c4ncc(CCCCCCCCC)cn4)cc3)[C@H]3CC[C@H](CCCCCCC)CC3)[C@H]3CC[C@H](CCCCCCC)CC3)cc2)nc1. The number of benzene rings is 2. The van der Waals surface area contributed by atoms with Crippen molar-refractivity contribution in [3.63, 3.8) is 0 Å². The van der Waals surface area contributed by atoms with E-state index in [-0.39, 0.29) is 12.2 Å². The summed E-state index contributed by atoms with van der Waals surface area (Å²) in [7, 11) is 0. The smallest absolute Gasteiger partial charge is 0.159 e. The van der Waals surface area contributed by atoms with E-state index in [1.54, 1.807) is 0 Å². The number of ether oxygens (including phenoxy) is 1. The maximum Gasteiger partial charge on any atom is 0.159 e. The van der Waals surface area contributed by atoms with Gasteiger partial charge in [0.2, 0.25) is 0 Å². The van der Waals surface area contributed by atoms with Crippen LogP contribution in [0.2, 0.25) is 0 Å². The normalized spacial score (nSPS) is 19.2. The number of rotatable bonds is 36. The van der Waals surface area contributed by atoms with E-state index in [2.05, 4.69) is 101 Å². The van der Waals surface area contributed by atoms with E-state index in [4.69, 9.17) is 24.7 Å². The molecule has 2 aromatic heterocycles. The summed E-state index contributed by atoms with van der Waals surface area (Å²) < 4.78 is 7.83. The Hall–Kier alpha value is -3.44. The lowest BCUT2D eigenvalue weighted by Gasteiger charge is -2.40. The average molecular weight is 968 g/mol. The van der Waals surface area contributed by atoms with Crippen molar-refractivity contribution in [1.82, 2.24) is 19.9 Å². The average Bonchev–Trinajstić information content (AvgIpc) is 3.42. The zero-order chi connectivity index (χ0) is 49.6. The molecule has 0 spiro atoms. The van der Waals surface area contributed by atoms with E-state index in [1.807, 2.05) is 0 Å². The van der Waals surface area contributed by atoms with Gasteiger partial charge in [0, 0.05) is 35.9 Å². The van der Waals surface area contributed by atoms with Crippen molar-refractivity contribution in [2.75, 3.05) is 0 Å². The fourth-order valence-corrected chi connectivity index (χ4v) is 12.2. The van der Waals surface area contributed by atoms with Crippen LogP contribution >= 0.6 is 0 Å². The zero-order valence-corrected chi connectivity index (χ0v) is 46.0. The van der Waals surface area contributed by atoms with Gasteiger partial charge in [-0.15, -0.1) is 0 Å². The molecule has 0 amide bonds. The summed E-state index contributed by atoms with van der Waals surface area (Å²) >= 11 is 0. The predicted octanol–water partition coefficient (Wildman–Crippen LogP) is 20.3. The summed E-state index contributed by atoms with van der Waals surface area (Å²) in [5.41, 5.74) is 7.33. The molecule has 2 aliphatic rings. The summed E-state index contributed by atoms with van der Waals surface area (Å²) in [5.74, 6) is 4.38. The molecule has 5 nitrogen and oxygen atoms in total. The lowest BCUT2D eigenvalue weighted by Crippen LogP contribution is -2.28. The lowest BCUT2D eigenvalue weighted by atomic mass is 9.74. The fraction of sp³-hybridized carbons (Fsp3) is 0.697. The monoisotopic (exact) mass is 967 g/mol. The van der Waals surface area contributed by atoms with Gasteiger partial charge in [-0.05, 0) is 97.3 Å². The zero-order valence-electron chi connectivity index (χ0n) is 46.0. The Morgan fingerprint density at radius 1 is 0.366 bits per heavy atom. The molecule has 0 bridgehead atoms. The van der Waals surface area contributed by atoms with Crippen LogP contribution in [0.1, 0.15) is 280 Å². The van der Waals surface area contributed by atoms with Crippen LogP contribution in [0, 0.1) is 23.7 Å². The molecular formula is C66H102N4O. The van der Waals surface area contributed by atoms with Crippen molar-refractivity contribution in [2.24, 2.45) is 23.7 Å². The van der Waals surface area contributed by atoms with Crippen LogP contribution in [-0.4, -0.2) is 19.9 Å². The fourth-order valence-electron chi connectivity index (χ4n) is 12.2. The maximum absolute atomic E-state index is 7.83. The molecule has 71 heavy (non-hydrogen) atoms. The molecule has 4 aromatic rings. The minimum Gasteiger partial charge on any atom is -0.365 e. The van der Waals surface area contributed by atoms with Gasteiger partial charge in [0.1, 0.15) is 0 Å². The predicted molar refractivity (Wildman–Crippen MR) is 303 cm³/mol. The minimum atomic E-state index is 0.0491. The molecular weight excluding hydrogens is 865 g/mol. The molecule has 2 aromatic carbocycles. The first-order valence-corrected chi connectivity index (χ1v) is 30.6. The number of hydrogen-bond donors (Lipinski definition) is 0. The Kier molecular flexibility index (Phi) is 27.3. The van der Waals surface area contributed by atoms with Crippen LogP contribution in [0.15, 0.2) is 73.3 Å². The Labute approximate surface area is 435 Å². The Balaban J connectivity index is 1.18. The largest absolute Gasteiger partial charge is 0.365 e. The van der Waals surface area contributed by atoms with Crippen LogP contribution < -0.4 is 0 Å². The van der Waals surface area contributed by atoms with Crippen molar-refractivity contribution in [2.45, 2.75) is 271 Å². The summed E-state index contributed by atoms with van der Waals surface area (Å²) in [4.78, 5) is 19.6. The quantitative estimate of drug-likeness (QED) is 0.0425. The van der Waals surface area contributed by atoms with Gasteiger partial charge in [0.25, 0.3) is 0 Å². The van der Waals surface area contributed by atoms with Crippen molar-refractivity contribution < 1.29 is 4.74 Å². The van der Waals surface area contributed by atoms with E-state index in [0.29, 0.717) is 11.8 Å². The molecule has 2 saturated carbocycles. The summed E-state index contributed by atoms with van der Waals surface area (Å²) in [6.07, 6.45) is 55.9. The number of aryl methyl sites for hydroxylation is 2. The highest BCUT2D eigenvalue weighted by Crippen LogP contribution is 2.47. The topological polar surface area (TPSA) is 60.8 Å². The first-order chi connectivity index (χ1) is 35.1. The molecule has 2 fully saturated rings. The van der Waals surface area contributed by atoms with Crippen molar-refractivity contribution in [3.8, 4) is 22.8 Å². The Morgan fingerprint density at radius 2 is 0.662 bits per heavy atom. The van der Waals surface area contributed by atoms with Crippen molar-refractivity contribution >= 4 is 0 Å². The van der Waals surface area contributed by atoms with Gasteiger partial charge in [-0.25, -0.2) is 19.9 Å². The lowest BCUT2D eigenvalue weighted by molar-refractivity contribution is -0.0907. The molecule has 0 N–H and O–H groups in total. The van der Waals surface area contributed by atoms with Crippen LogP contribution in [0.3, 0.4) is 0 Å². The number of nitrogens with zero attached hydrogens (tertiary/aromatic N) is 4. The Bertz CT molecular complexity index is 1770. The third-order valence-corrected chi connectivity index (χ3v) is 16.9. The van der Waals surface area contributed by atoms with E-state index in [9.17, 15) is 0 Å². The highest BCUT2D eigenvalue weighted by molar-refractivity contribution is 5.56. The molecule has 2 atom stereocenters. The summed E-state index contributed by atoms with van der Waals surface area (Å²) in [6, 6.07) is 18.5. The molecule has 2 aliphatic carbocycles. The molecule has 5 heteroatoms. The highest BCUT2D eigenvalue weighted by atomic mass is 16.5. The minimum absolute atomic E-state index is 0.0491. The van der Waals surface area contributed by atoms with Gasteiger partial charge < -0.3 is 4.74 Å². The van der Waals surface area contributed by atoms with Crippen molar-refractivity contribution in [1.29, 1.82) is 0 Å². The van der Waals surface area contributed by atoms with Gasteiger partial charge >= 0.3 is 0 Å². The molecule has 392 valence electrons. The van der Waals surface area contributed by atoms with Gasteiger partial charge in [-0.2, -0.15) is 0 Å². The number of aromatic nitrogens is 4. The second-order valence-electron chi connectivity index (χ2n) is 22.8. The van der Waals surface area contributed by atoms with E-state index >= 15 is 0 Å². The van der Waals surface area contributed by atoms with E-state index in [0.717, 1.165) is 47.5 Å². The molecule has 0 saturated heterocycles. The maximum atomic E-state index is 7.83. The van der Waals surface area contributed by atoms with Crippen molar-refractivity contribution in [3.05, 3.63) is 95.6 Å². The first kappa shape index (κ1) is 56.8. The third-order valence-electron chi connectivity index (χ3n) is 16.9. The summed E-state index contributed by atoms with van der Waals surface area (Å²) in [6.45, 7) is 9.23. The number of hydrogen-bond acceptors (Lipinski definition) is 5. The van der Waals surface area contributed by atoms with Crippen LogP contribution in [-0.2, 0) is 17.6 Å². The van der Waals surface area contributed by atoms with Gasteiger partial charge in [-0.1, -0.05) is 256 Å². The van der Waals surface area contributed by atoms with Crippen LogP contribution in [0.4, 0.5) is 0 Å². The van der Waals surface area contributed by atoms with Gasteiger partial charge in [-0.3, -0.25) is 0 Å². The molecule has 2 heterocycles. The van der Waals surface area contributed by atoms with E-state index < -0.39 is 0 Å². The third kappa shape index (κ3) is 20.4. The highest BCUT2D eigenvalue weighted by Gasteiger charge is 2.36. The van der Waals surface area contributed by atoms with Crippen LogP contribution in [0.25, 0.3) is 22.8 Å². The Morgan fingerprint density at radius 3 is 0.986 bits per heavy atom. The van der Waals surface area contributed by atoms with E-state index in [1.165, 1.54) is 241 Å². The van der Waals surface area contributed by atoms with Gasteiger partial charge in [0.15, 0.2) is 11.6 Å². The molecule has 0 radical (unpaired) electrons. The standard InChI is InChI=1S/C66H102N4O/c1-5-9-13-17-19-23-27-31-55-49-67-65(68-50-55)61-45-41-59(42-46-61)63(57-37-33-53(34-38-57)29-25-21-15-11-7-3)71-64(58-39-35-54(36-40-58)30-26-22-16-12-8-4)60-43-47-62(48-44-60)66-69-51-56(52-70-66)32-28-24-20-18-14-10-6-2/h41-54,57-58,63-64H,5-40H2,1-4H3/t53-,54-,57-,58-,63?,64?. The van der Waals surface area contributed by atoms with Crippen LogP contribution in [0.5, 0.6) is 0 Å². The summed E-state index contributed by atoms with van der Waals surface area (Å²) in [5, 5.41) is 0. The number of unbranched alkanes of at least 4 members (excludes halogenated alkanes) is 20.